The molecule has 0 bridgehead atoms. The molecule has 0 aliphatic heterocycles. The molecule has 0 aliphatic rings. The summed E-state index contributed by atoms with van der Waals surface area (Å²) in [4.78, 5) is 9.92. The fourth-order valence-electron chi connectivity index (χ4n) is 0.750. The lowest BCUT2D eigenvalue weighted by molar-refractivity contribution is -0.894. The van der Waals surface area contributed by atoms with Gasteiger partial charge in [0.25, 0.3) is 0 Å². The molecule has 2 N–H and O–H groups in total. The molecule has 0 unspecified atom stereocenters. The van der Waals surface area contributed by atoms with E-state index in [1.54, 1.807) is 4.90 Å². The lowest BCUT2D eigenvalue weighted by atomic mass is 10.5. The second-order valence-electron chi connectivity index (χ2n) is 1.90. The van der Waals surface area contributed by atoms with Gasteiger partial charge in [0.05, 0.1) is 19.6 Å². The van der Waals surface area contributed by atoms with Crippen molar-refractivity contribution in [2.45, 2.75) is 20.8 Å². The van der Waals surface area contributed by atoms with Crippen LogP contribution in [0.1, 0.15) is 20.8 Å². The van der Waals surface area contributed by atoms with Crippen molar-refractivity contribution < 1.29 is 14.8 Å². The van der Waals surface area contributed by atoms with Crippen LogP contribution >= 0.6 is 0 Å². The van der Waals surface area contributed by atoms with Crippen LogP contribution in [0.15, 0.2) is 0 Å². The normalized spacial score (nSPS) is 8.40. The third-order valence-corrected chi connectivity index (χ3v) is 1.50. The molecule has 0 rings (SSSR count). The van der Waals surface area contributed by atoms with Crippen LogP contribution in [0, 0.1) is 0 Å². The van der Waals surface area contributed by atoms with Crippen molar-refractivity contribution in [3.05, 3.63) is 0 Å². The molecular formula is C7H17NO2. The van der Waals surface area contributed by atoms with Crippen molar-refractivity contribution in [1.82, 2.24) is 0 Å². The first kappa shape index (κ1) is 12.1. The number of rotatable bonds is 3. The van der Waals surface area contributed by atoms with Gasteiger partial charge in [-0.2, -0.15) is 0 Å². The molecule has 0 aromatic heterocycles. The van der Waals surface area contributed by atoms with Crippen LogP contribution in [0.5, 0.6) is 0 Å². The van der Waals surface area contributed by atoms with E-state index in [1.807, 2.05) is 0 Å². The van der Waals surface area contributed by atoms with Gasteiger partial charge in [0.2, 0.25) is 0 Å². The molecule has 3 heteroatoms. The zero-order valence-electron chi connectivity index (χ0n) is 6.98. The number of aliphatic hydroxyl groups excluding tert-OH is 1. The van der Waals surface area contributed by atoms with Gasteiger partial charge in [0, 0.05) is 0 Å². The number of hydrogen-bond donors (Lipinski definition) is 2. The van der Waals surface area contributed by atoms with Crippen LogP contribution in [0.2, 0.25) is 0 Å². The molecule has 0 aromatic carbocycles. The maximum absolute atomic E-state index is 8.24. The number of hydrogen-bond acceptors (Lipinski definition) is 1. The molecular weight excluding hydrogens is 130 g/mol. The Kier molecular flexibility index (Phi) is 13.7. The van der Waals surface area contributed by atoms with Gasteiger partial charge in [-0.3, -0.25) is 0 Å². The van der Waals surface area contributed by atoms with Gasteiger partial charge in [-0.05, 0) is 20.8 Å². The summed E-state index contributed by atoms with van der Waals surface area (Å²) in [5.41, 5.74) is 0. The molecule has 3 nitrogen and oxygen atoms in total. The minimum atomic E-state index is 0.500. The highest BCUT2D eigenvalue weighted by Crippen LogP contribution is 1.45. The van der Waals surface area contributed by atoms with Crippen molar-refractivity contribution in [3.63, 3.8) is 0 Å². The van der Waals surface area contributed by atoms with Crippen molar-refractivity contribution in [3.8, 4) is 0 Å². The van der Waals surface area contributed by atoms with Crippen LogP contribution in [0.3, 0.4) is 0 Å². The third-order valence-electron chi connectivity index (χ3n) is 1.50. The van der Waals surface area contributed by atoms with Crippen LogP contribution < -0.4 is 4.90 Å². The van der Waals surface area contributed by atoms with Crippen LogP contribution in [0.4, 0.5) is 0 Å². The van der Waals surface area contributed by atoms with Crippen LogP contribution in [0.25, 0.3) is 0 Å². The molecule has 0 spiro atoms. The van der Waals surface area contributed by atoms with E-state index in [0.717, 1.165) is 0 Å². The molecule has 0 radical (unpaired) electrons. The Hall–Kier alpha value is -0.570. The number of quaternary nitrogens is 1. The molecule has 0 atom stereocenters. The van der Waals surface area contributed by atoms with E-state index < -0.39 is 0 Å². The van der Waals surface area contributed by atoms with Crippen molar-refractivity contribution in [2.75, 3.05) is 19.6 Å². The Labute approximate surface area is 62.7 Å². The van der Waals surface area contributed by atoms with E-state index >= 15 is 0 Å². The van der Waals surface area contributed by atoms with Crippen molar-refractivity contribution >= 4 is 6.47 Å². The zero-order chi connectivity index (χ0) is 8.41. The van der Waals surface area contributed by atoms with Gasteiger partial charge in [-0.1, -0.05) is 6.47 Å². The summed E-state index contributed by atoms with van der Waals surface area (Å²) in [5, 5.41) is 6.76. The predicted molar refractivity (Wildman–Crippen MR) is 40.9 cm³/mol. The van der Waals surface area contributed by atoms with Gasteiger partial charge >= 0.3 is 0 Å². The topological polar surface area (TPSA) is 41.7 Å². The molecule has 0 heterocycles. The average molecular weight is 147 g/mol. The molecule has 0 amide bonds. The van der Waals surface area contributed by atoms with E-state index in [1.165, 1.54) is 19.6 Å². The van der Waals surface area contributed by atoms with Gasteiger partial charge < -0.3 is 14.8 Å². The molecule has 0 fully saturated rings. The quantitative estimate of drug-likeness (QED) is 0.531. The van der Waals surface area contributed by atoms with Gasteiger partial charge in [0.1, 0.15) is 0 Å². The summed E-state index contributed by atoms with van der Waals surface area (Å²) < 4.78 is 0. The second-order valence-corrected chi connectivity index (χ2v) is 1.90. The summed E-state index contributed by atoms with van der Waals surface area (Å²) in [5.74, 6) is 0. The third kappa shape index (κ3) is 10.4. The average Bonchev–Trinajstić information content (AvgIpc) is 1.93. The van der Waals surface area contributed by atoms with E-state index in [9.17, 15) is 0 Å². The smallest absolute Gasteiger partial charge is 0.0742 e. The van der Waals surface area contributed by atoms with E-state index in [2.05, 4.69) is 20.8 Å². The second kappa shape index (κ2) is 11.3. The molecule has 10 heavy (non-hydrogen) atoms. The van der Waals surface area contributed by atoms with Crippen LogP contribution in [-0.4, -0.2) is 31.2 Å². The monoisotopic (exact) mass is 147 g/mol. The molecule has 62 valence electrons. The highest BCUT2D eigenvalue weighted by atomic mass is 16.3. The largest absolute Gasteiger partial charge is 0.665 e. The van der Waals surface area contributed by atoms with E-state index in [4.69, 9.17) is 9.90 Å². The minimum Gasteiger partial charge on any atom is -0.665 e. The fourth-order valence-corrected chi connectivity index (χ4v) is 0.750. The van der Waals surface area contributed by atoms with Crippen LogP contribution in [-0.2, 0) is 4.79 Å². The fraction of sp³-hybridized carbons (Fsp3) is 0.857. The summed E-state index contributed by atoms with van der Waals surface area (Å²) >= 11 is 0. The van der Waals surface area contributed by atoms with Gasteiger partial charge in [-0.25, -0.2) is 0 Å². The Morgan fingerprint density at radius 3 is 1.40 bits per heavy atom. The van der Waals surface area contributed by atoms with Crippen molar-refractivity contribution in [1.29, 1.82) is 0 Å². The minimum absolute atomic E-state index is 0.500. The van der Waals surface area contributed by atoms with Gasteiger partial charge in [0.15, 0.2) is 0 Å². The Morgan fingerprint density at radius 1 is 1.20 bits per heavy atom. The predicted octanol–water partition coefficient (Wildman–Crippen LogP) is -0.457. The first-order chi connectivity index (χ1) is 4.76. The summed E-state index contributed by atoms with van der Waals surface area (Å²) in [6, 6.07) is 0. The van der Waals surface area contributed by atoms with E-state index in [0.29, 0.717) is 6.47 Å². The lowest BCUT2D eigenvalue weighted by Gasteiger charge is -2.10. The maximum Gasteiger partial charge on any atom is 0.0742 e. The molecule has 0 saturated carbocycles. The van der Waals surface area contributed by atoms with Crippen molar-refractivity contribution in [2.24, 2.45) is 0 Å². The maximum atomic E-state index is 8.24. The Bertz CT molecular complexity index is 57.1. The van der Waals surface area contributed by atoms with Gasteiger partial charge in [-0.15, -0.1) is 0 Å². The summed E-state index contributed by atoms with van der Waals surface area (Å²) in [6.45, 7) is 11.0. The highest BCUT2D eigenvalue weighted by molar-refractivity contribution is 5.34. The Balaban J connectivity index is 0. The highest BCUT2D eigenvalue weighted by Gasteiger charge is 1.92. The summed E-state index contributed by atoms with van der Waals surface area (Å²) in [6.07, 6.45) is 0. The first-order valence-electron chi connectivity index (χ1n) is 3.61. The first-order valence-corrected chi connectivity index (χ1v) is 3.61. The lowest BCUT2D eigenvalue weighted by Crippen LogP contribution is -3.11. The zero-order valence-corrected chi connectivity index (χ0v) is 6.98. The molecule has 0 aromatic rings. The standard InChI is InChI=1S/C6H15N.CHO2/c1-4-7(5-2)6-3;2-1-3/h4-6H2,1-3H3;(H,2,3)/q;-1/p+1. The Morgan fingerprint density at radius 2 is 1.40 bits per heavy atom. The number of nitrogens with one attached hydrogen (secondary N) is 1. The SMILES string of the molecule is CC[NH+](CC)CC.O=[C-]O. The summed E-state index contributed by atoms with van der Waals surface area (Å²) in [7, 11) is 0. The molecule has 0 saturated heterocycles. The van der Waals surface area contributed by atoms with E-state index in [-0.39, 0.29) is 0 Å². The molecule has 0 aliphatic carbocycles.